The molecule has 0 aliphatic carbocycles. The van der Waals surface area contributed by atoms with Gasteiger partial charge in [-0.05, 0) is 40.6 Å². The number of methoxy groups -OCH3 is 1. The molecule has 0 spiro atoms. The fourth-order valence-electron chi connectivity index (χ4n) is 4.52. The van der Waals surface area contributed by atoms with Crippen molar-refractivity contribution in [3.8, 4) is 11.4 Å². The highest BCUT2D eigenvalue weighted by Gasteiger charge is 2.38. The number of hydrogen-bond acceptors (Lipinski definition) is 7. The number of carbonyl (C=O) groups is 2. The first-order valence-electron chi connectivity index (χ1n) is 11.6. The molecule has 10 nitrogen and oxygen atoms in total. The number of amides is 2. The topological polar surface area (TPSA) is 114 Å². The number of likely N-dealkylation sites (tertiary alicyclic amines) is 1. The van der Waals surface area contributed by atoms with Crippen LogP contribution >= 0.6 is 0 Å². The minimum atomic E-state index is -4.71. The van der Waals surface area contributed by atoms with E-state index in [1.807, 2.05) is 30.3 Å². The minimum Gasteiger partial charge on any atom is -0.496 e. The van der Waals surface area contributed by atoms with Gasteiger partial charge in [-0.25, -0.2) is 0 Å². The van der Waals surface area contributed by atoms with Gasteiger partial charge >= 0.3 is 6.18 Å². The SMILES string of the molecule is COc1ccc(-n2nnnc2C(F)(F)F)cc1CN[C@H]1CCN(C(=O)CNC=O)C[C@H]1c1ccccc1. The van der Waals surface area contributed by atoms with E-state index in [4.69, 9.17) is 4.74 Å². The second-order valence-electron chi connectivity index (χ2n) is 8.54. The average molecular weight is 518 g/mol. The number of alkyl halides is 3. The molecule has 1 fully saturated rings. The quantitative estimate of drug-likeness (QED) is 0.417. The summed E-state index contributed by atoms with van der Waals surface area (Å²) >= 11 is 0. The first-order valence-corrected chi connectivity index (χ1v) is 11.6. The smallest absolute Gasteiger partial charge is 0.453 e. The van der Waals surface area contributed by atoms with E-state index in [9.17, 15) is 22.8 Å². The maximum absolute atomic E-state index is 13.3. The third-order valence-corrected chi connectivity index (χ3v) is 6.32. The summed E-state index contributed by atoms with van der Waals surface area (Å²) in [5, 5.41) is 15.7. The van der Waals surface area contributed by atoms with Gasteiger partial charge in [0.1, 0.15) is 5.75 Å². The Balaban J connectivity index is 1.55. The number of rotatable bonds is 9. The predicted molar refractivity (Wildman–Crippen MR) is 126 cm³/mol. The van der Waals surface area contributed by atoms with Gasteiger partial charge in [-0.1, -0.05) is 30.3 Å². The van der Waals surface area contributed by atoms with E-state index in [0.717, 1.165) is 5.56 Å². The lowest BCUT2D eigenvalue weighted by molar-refractivity contribution is -0.146. The van der Waals surface area contributed by atoms with E-state index in [0.29, 0.717) is 48.5 Å². The Hall–Kier alpha value is -4.00. The van der Waals surface area contributed by atoms with Crippen molar-refractivity contribution in [2.24, 2.45) is 0 Å². The van der Waals surface area contributed by atoms with Crippen LogP contribution in [0, 0.1) is 0 Å². The number of halogens is 3. The number of aromatic nitrogens is 4. The van der Waals surface area contributed by atoms with E-state index >= 15 is 0 Å². The number of piperidine rings is 1. The van der Waals surface area contributed by atoms with Crippen molar-refractivity contribution in [2.75, 3.05) is 26.7 Å². The highest BCUT2D eigenvalue weighted by atomic mass is 19.4. The summed E-state index contributed by atoms with van der Waals surface area (Å²) in [6.07, 6.45) is -3.58. The van der Waals surface area contributed by atoms with Gasteiger partial charge < -0.3 is 20.3 Å². The molecule has 2 atom stereocenters. The molecule has 0 unspecified atom stereocenters. The lowest BCUT2D eigenvalue weighted by atomic mass is 9.85. The number of tetrazole rings is 1. The molecular formula is C24H26F3N7O3. The molecule has 0 radical (unpaired) electrons. The molecule has 2 N–H and O–H groups in total. The maximum atomic E-state index is 13.3. The van der Waals surface area contributed by atoms with Crippen molar-refractivity contribution in [1.29, 1.82) is 0 Å². The fraction of sp³-hybridized carbons (Fsp3) is 0.375. The summed E-state index contributed by atoms with van der Waals surface area (Å²) in [5.74, 6) is -0.924. The normalized spacial score (nSPS) is 17.9. The van der Waals surface area contributed by atoms with Gasteiger partial charge in [0, 0.05) is 37.2 Å². The largest absolute Gasteiger partial charge is 0.496 e. The summed E-state index contributed by atoms with van der Waals surface area (Å²) in [6, 6.07) is 14.3. The third kappa shape index (κ3) is 6.05. The number of nitrogens with one attached hydrogen (secondary N) is 2. The summed E-state index contributed by atoms with van der Waals surface area (Å²) < 4.78 is 46.0. The first kappa shape index (κ1) is 26.1. The molecule has 196 valence electrons. The molecule has 13 heteroatoms. The molecule has 1 aliphatic heterocycles. The van der Waals surface area contributed by atoms with Gasteiger partial charge in [-0.15, -0.1) is 5.10 Å². The van der Waals surface area contributed by atoms with Crippen LogP contribution in [0.15, 0.2) is 48.5 Å². The summed E-state index contributed by atoms with van der Waals surface area (Å²) in [4.78, 5) is 24.8. The van der Waals surface area contributed by atoms with Crippen LogP contribution < -0.4 is 15.4 Å². The van der Waals surface area contributed by atoms with E-state index in [1.165, 1.54) is 13.2 Å². The number of carbonyl (C=O) groups excluding carboxylic acids is 2. The molecule has 1 saturated heterocycles. The second-order valence-corrected chi connectivity index (χ2v) is 8.54. The molecule has 1 aliphatic rings. The van der Waals surface area contributed by atoms with Crippen molar-refractivity contribution in [2.45, 2.75) is 31.1 Å². The Labute approximate surface area is 210 Å². The molecule has 3 aromatic rings. The fourth-order valence-corrected chi connectivity index (χ4v) is 4.52. The highest BCUT2D eigenvalue weighted by Crippen LogP contribution is 2.31. The monoisotopic (exact) mass is 517 g/mol. The van der Waals surface area contributed by atoms with Crippen LogP contribution in [0.4, 0.5) is 13.2 Å². The van der Waals surface area contributed by atoms with Crippen LogP contribution in [0.3, 0.4) is 0 Å². The Kier molecular flexibility index (Phi) is 8.01. The van der Waals surface area contributed by atoms with Gasteiger partial charge in [0.2, 0.25) is 12.3 Å². The maximum Gasteiger partial charge on any atom is 0.453 e. The summed E-state index contributed by atoms with van der Waals surface area (Å²) in [7, 11) is 1.49. The molecular weight excluding hydrogens is 491 g/mol. The molecule has 2 amide bonds. The lowest BCUT2D eigenvalue weighted by Crippen LogP contribution is -2.51. The zero-order chi connectivity index (χ0) is 26.4. The van der Waals surface area contributed by atoms with E-state index in [-0.39, 0.29) is 30.1 Å². The van der Waals surface area contributed by atoms with Crippen LogP contribution in [0.1, 0.15) is 29.3 Å². The Bertz CT molecular complexity index is 1220. The van der Waals surface area contributed by atoms with Crippen LogP contribution in [0.2, 0.25) is 0 Å². The molecule has 2 heterocycles. The Morgan fingerprint density at radius 3 is 2.70 bits per heavy atom. The van der Waals surface area contributed by atoms with Crippen molar-refractivity contribution in [3.63, 3.8) is 0 Å². The standard InChI is InChI=1S/C24H26F3N7O3/c1-37-21-8-7-18(34-23(24(25,26)27)30-31-32-34)11-17(21)12-29-20-9-10-33(22(36)13-28-15-35)14-19(20)16-5-3-2-4-6-16/h2-8,11,15,19-20,29H,9-10,12-14H2,1H3,(H,28,35)/t19-,20-/m0/s1. The van der Waals surface area contributed by atoms with Gasteiger partial charge in [0.05, 0.1) is 19.3 Å². The average Bonchev–Trinajstić information content (AvgIpc) is 3.42. The second kappa shape index (κ2) is 11.4. The van der Waals surface area contributed by atoms with E-state index in [1.54, 1.807) is 17.0 Å². The van der Waals surface area contributed by atoms with Crippen molar-refractivity contribution in [1.82, 2.24) is 35.7 Å². The number of ether oxygens (including phenoxy) is 1. The third-order valence-electron chi connectivity index (χ3n) is 6.32. The van der Waals surface area contributed by atoms with Crippen LogP contribution in [-0.4, -0.2) is 70.2 Å². The van der Waals surface area contributed by atoms with Gasteiger partial charge in [-0.2, -0.15) is 17.9 Å². The summed E-state index contributed by atoms with van der Waals surface area (Å²) in [6.45, 7) is 1.19. The molecule has 1 aromatic heterocycles. The number of hydrogen-bond donors (Lipinski definition) is 2. The lowest BCUT2D eigenvalue weighted by Gasteiger charge is -2.39. The van der Waals surface area contributed by atoms with E-state index in [2.05, 4.69) is 26.2 Å². The van der Waals surface area contributed by atoms with Crippen LogP contribution in [0.5, 0.6) is 5.75 Å². The zero-order valence-electron chi connectivity index (χ0n) is 20.0. The highest BCUT2D eigenvalue weighted by molar-refractivity contribution is 5.80. The molecule has 37 heavy (non-hydrogen) atoms. The van der Waals surface area contributed by atoms with Crippen molar-refractivity contribution < 1.29 is 27.5 Å². The number of nitrogens with zero attached hydrogens (tertiary/aromatic N) is 5. The number of benzene rings is 2. The molecule has 2 aromatic carbocycles. The van der Waals surface area contributed by atoms with Crippen LogP contribution in [-0.2, 0) is 22.3 Å². The van der Waals surface area contributed by atoms with Crippen LogP contribution in [0.25, 0.3) is 5.69 Å². The van der Waals surface area contributed by atoms with Gasteiger partial charge in [0.25, 0.3) is 5.82 Å². The van der Waals surface area contributed by atoms with Crippen molar-refractivity contribution >= 4 is 12.3 Å². The van der Waals surface area contributed by atoms with Gasteiger partial charge in [0.15, 0.2) is 0 Å². The van der Waals surface area contributed by atoms with Crippen molar-refractivity contribution in [3.05, 3.63) is 65.5 Å². The Morgan fingerprint density at radius 1 is 1.22 bits per heavy atom. The van der Waals surface area contributed by atoms with Gasteiger partial charge in [-0.3, -0.25) is 9.59 Å². The molecule has 4 rings (SSSR count). The van der Waals surface area contributed by atoms with E-state index < -0.39 is 12.0 Å². The Morgan fingerprint density at radius 2 is 2.00 bits per heavy atom. The molecule has 0 bridgehead atoms. The predicted octanol–water partition coefficient (Wildman–Crippen LogP) is 1.91. The molecule has 0 saturated carbocycles. The minimum absolute atomic E-state index is 0.0300. The summed E-state index contributed by atoms with van der Waals surface area (Å²) in [5.41, 5.74) is 1.83. The first-order chi connectivity index (χ1) is 17.8. The zero-order valence-corrected chi connectivity index (χ0v) is 20.0.